The molecular weight excluding hydrogens is 364 g/mol. The van der Waals surface area contributed by atoms with Crippen LogP contribution in [-0.2, 0) is 13.5 Å². The topological polar surface area (TPSA) is 111 Å². The van der Waals surface area contributed by atoms with E-state index < -0.39 is 0 Å². The van der Waals surface area contributed by atoms with E-state index in [1.165, 1.54) is 29.0 Å². The van der Waals surface area contributed by atoms with Crippen LogP contribution in [0.4, 0.5) is 5.82 Å². The number of aromatic amines is 1. The zero-order valence-electron chi connectivity index (χ0n) is 16.6. The Kier molecular flexibility index (Phi) is 4.90. The number of nitrogens with zero attached hydrogens (tertiary/aromatic N) is 6. The highest BCUT2D eigenvalue weighted by Crippen LogP contribution is 2.30. The van der Waals surface area contributed by atoms with Crippen molar-refractivity contribution in [2.45, 2.75) is 20.3 Å². The zero-order valence-corrected chi connectivity index (χ0v) is 16.6. The third-order valence-corrected chi connectivity index (χ3v) is 4.72. The summed E-state index contributed by atoms with van der Waals surface area (Å²) < 4.78 is 1.83. The summed E-state index contributed by atoms with van der Waals surface area (Å²) in [5.41, 5.74) is 11.4. The van der Waals surface area contributed by atoms with E-state index in [0.29, 0.717) is 17.0 Å². The SMILES string of the molecule is CCc1cc2cccc(-c3cnn(C)c3)c2c(C)n1.Nc1ncnc2nc[nH]c12. The minimum atomic E-state index is 0.433. The first-order chi connectivity index (χ1) is 14.1. The molecule has 1 aromatic carbocycles. The molecule has 8 heteroatoms. The highest BCUT2D eigenvalue weighted by atomic mass is 15.2. The molecule has 4 heterocycles. The Balaban J connectivity index is 0.000000171. The molecule has 0 radical (unpaired) electrons. The van der Waals surface area contributed by atoms with Crippen molar-refractivity contribution < 1.29 is 0 Å². The van der Waals surface area contributed by atoms with Crippen molar-refractivity contribution in [1.82, 2.24) is 34.7 Å². The molecule has 4 aromatic heterocycles. The molecule has 0 aliphatic heterocycles. The van der Waals surface area contributed by atoms with Gasteiger partial charge in [0.25, 0.3) is 0 Å². The first kappa shape index (κ1) is 18.5. The van der Waals surface area contributed by atoms with E-state index in [1.807, 2.05) is 24.1 Å². The lowest BCUT2D eigenvalue weighted by molar-refractivity contribution is 0.768. The molecule has 0 aliphatic carbocycles. The first-order valence-corrected chi connectivity index (χ1v) is 9.34. The van der Waals surface area contributed by atoms with Crippen LogP contribution in [0.1, 0.15) is 18.3 Å². The van der Waals surface area contributed by atoms with Gasteiger partial charge >= 0.3 is 0 Å². The Morgan fingerprint density at radius 2 is 2.03 bits per heavy atom. The quantitative estimate of drug-likeness (QED) is 0.481. The van der Waals surface area contributed by atoms with Crippen molar-refractivity contribution in [1.29, 1.82) is 0 Å². The lowest BCUT2D eigenvalue weighted by atomic mass is 9.99. The fourth-order valence-electron chi connectivity index (χ4n) is 3.34. The number of pyridine rings is 1. The Labute approximate surface area is 167 Å². The summed E-state index contributed by atoms with van der Waals surface area (Å²) in [5.74, 6) is 0.433. The maximum atomic E-state index is 5.48. The van der Waals surface area contributed by atoms with Gasteiger partial charge in [0.2, 0.25) is 0 Å². The van der Waals surface area contributed by atoms with E-state index in [9.17, 15) is 0 Å². The van der Waals surface area contributed by atoms with Crippen LogP contribution in [0.2, 0.25) is 0 Å². The zero-order chi connectivity index (χ0) is 20.4. The normalized spacial score (nSPS) is 10.9. The van der Waals surface area contributed by atoms with Crippen molar-refractivity contribution in [3.05, 3.63) is 60.7 Å². The highest BCUT2D eigenvalue weighted by molar-refractivity contribution is 5.98. The average molecular weight is 386 g/mol. The molecule has 0 saturated heterocycles. The Hall–Kier alpha value is -3.81. The second kappa shape index (κ2) is 7.67. The molecule has 0 atom stereocenters. The van der Waals surface area contributed by atoms with E-state index in [2.05, 4.69) is 68.1 Å². The van der Waals surface area contributed by atoms with Gasteiger partial charge in [-0.2, -0.15) is 5.10 Å². The molecule has 0 spiro atoms. The number of anilines is 1. The van der Waals surface area contributed by atoms with Crippen LogP contribution in [0, 0.1) is 6.92 Å². The van der Waals surface area contributed by atoms with Crippen molar-refractivity contribution in [3.8, 4) is 11.1 Å². The summed E-state index contributed by atoms with van der Waals surface area (Å²) in [6.45, 7) is 4.22. The molecular formula is C21H22N8. The summed E-state index contributed by atoms with van der Waals surface area (Å²) in [6.07, 6.45) is 7.84. The predicted molar refractivity (Wildman–Crippen MR) is 114 cm³/mol. The van der Waals surface area contributed by atoms with Gasteiger partial charge in [-0.15, -0.1) is 0 Å². The van der Waals surface area contributed by atoms with Gasteiger partial charge in [0.05, 0.1) is 12.5 Å². The lowest BCUT2D eigenvalue weighted by Crippen LogP contribution is -1.93. The molecule has 0 bridgehead atoms. The smallest absolute Gasteiger partial charge is 0.182 e. The first-order valence-electron chi connectivity index (χ1n) is 9.34. The molecule has 0 fully saturated rings. The number of nitrogens with two attached hydrogens (primary N) is 1. The van der Waals surface area contributed by atoms with Crippen LogP contribution < -0.4 is 5.73 Å². The minimum absolute atomic E-state index is 0.433. The van der Waals surface area contributed by atoms with Crippen LogP contribution in [-0.4, -0.2) is 34.7 Å². The number of imidazole rings is 1. The Morgan fingerprint density at radius 1 is 1.17 bits per heavy atom. The third kappa shape index (κ3) is 3.64. The summed E-state index contributed by atoms with van der Waals surface area (Å²) in [6, 6.07) is 8.58. The van der Waals surface area contributed by atoms with Crippen molar-refractivity contribution in [3.63, 3.8) is 0 Å². The summed E-state index contributed by atoms with van der Waals surface area (Å²) in [4.78, 5) is 19.0. The number of benzene rings is 1. The van der Waals surface area contributed by atoms with E-state index in [0.717, 1.165) is 23.4 Å². The number of H-pyrrole nitrogens is 1. The highest BCUT2D eigenvalue weighted by Gasteiger charge is 2.09. The maximum Gasteiger partial charge on any atom is 0.182 e. The molecule has 0 aliphatic rings. The number of nitrogens with one attached hydrogen (secondary N) is 1. The van der Waals surface area contributed by atoms with Crippen LogP contribution in [0.25, 0.3) is 33.1 Å². The van der Waals surface area contributed by atoms with Gasteiger partial charge in [0.1, 0.15) is 11.8 Å². The fourth-order valence-corrected chi connectivity index (χ4v) is 3.34. The minimum Gasteiger partial charge on any atom is -0.382 e. The van der Waals surface area contributed by atoms with E-state index in [1.54, 1.807) is 0 Å². The number of nitrogen functional groups attached to an aromatic ring is 1. The third-order valence-electron chi connectivity index (χ3n) is 4.72. The van der Waals surface area contributed by atoms with Crippen LogP contribution in [0.5, 0.6) is 0 Å². The van der Waals surface area contributed by atoms with Gasteiger partial charge < -0.3 is 10.7 Å². The largest absolute Gasteiger partial charge is 0.382 e. The number of hydrogen-bond donors (Lipinski definition) is 2. The van der Waals surface area contributed by atoms with Crippen molar-refractivity contribution in [2.24, 2.45) is 7.05 Å². The van der Waals surface area contributed by atoms with E-state index in [-0.39, 0.29) is 0 Å². The summed E-state index contributed by atoms with van der Waals surface area (Å²) >= 11 is 0. The summed E-state index contributed by atoms with van der Waals surface area (Å²) in [7, 11) is 1.94. The Bertz CT molecular complexity index is 1280. The fraction of sp³-hybridized carbons (Fsp3) is 0.190. The number of fused-ring (bicyclic) bond motifs is 2. The maximum absolute atomic E-state index is 5.48. The van der Waals surface area contributed by atoms with Crippen LogP contribution >= 0.6 is 0 Å². The lowest BCUT2D eigenvalue weighted by Gasteiger charge is -2.09. The van der Waals surface area contributed by atoms with Gasteiger partial charge in [-0.1, -0.05) is 25.1 Å². The molecule has 3 N–H and O–H groups in total. The van der Waals surface area contributed by atoms with Gasteiger partial charge in [0, 0.05) is 35.6 Å². The number of hydrogen-bond acceptors (Lipinski definition) is 6. The predicted octanol–water partition coefficient (Wildman–Crippen LogP) is 3.44. The molecule has 29 heavy (non-hydrogen) atoms. The number of aryl methyl sites for hydroxylation is 3. The van der Waals surface area contributed by atoms with Gasteiger partial charge in [0.15, 0.2) is 11.5 Å². The average Bonchev–Trinajstić information content (AvgIpc) is 3.37. The van der Waals surface area contributed by atoms with E-state index >= 15 is 0 Å². The molecule has 0 unspecified atom stereocenters. The second-order valence-corrected chi connectivity index (χ2v) is 6.72. The van der Waals surface area contributed by atoms with Crippen LogP contribution in [0.3, 0.4) is 0 Å². The van der Waals surface area contributed by atoms with Gasteiger partial charge in [-0.25, -0.2) is 15.0 Å². The molecule has 5 aromatic rings. The van der Waals surface area contributed by atoms with Gasteiger partial charge in [-0.3, -0.25) is 9.67 Å². The molecule has 0 amide bonds. The number of rotatable bonds is 2. The molecule has 5 rings (SSSR count). The number of aromatic nitrogens is 7. The second-order valence-electron chi connectivity index (χ2n) is 6.72. The monoisotopic (exact) mass is 386 g/mol. The van der Waals surface area contributed by atoms with Gasteiger partial charge in [-0.05, 0) is 30.4 Å². The van der Waals surface area contributed by atoms with Crippen molar-refractivity contribution in [2.75, 3.05) is 5.73 Å². The molecule has 8 nitrogen and oxygen atoms in total. The molecule has 0 saturated carbocycles. The van der Waals surface area contributed by atoms with E-state index in [4.69, 9.17) is 5.73 Å². The van der Waals surface area contributed by atoms with Crippen molar-refractivity contribution >= 4 is 27.8 Å². The standard InChI is InChI=1S/C16H17N3.C5H5N5/c1-4-14-8-12-6-5-7-15(16(12)11(2)18-14)13-9-17-19(3)10-13;6-4-3-5(9-1-7-3)10-2-8-4/h5-10H,4H2,1-3H3;1-2H,(H3,6,7,8,9,10). The Morgan fingerprint density at radius 3 is 2.76 bits per heavy atom. The van der Waals surface area contributed by atoms with Crippen LogP contribution in [0.15, 0.2) is 49.3 Å². The summed E-state index contributed by atoms with van der Waals surface area (Å²) in [5, 5.41) is 6.74. The molecule has 146 valence electrons.